The van der Waals surface area contributed by atoms with E-state index in [0.29, 0.717) is 16.5 Å². The molecular formula is C18H21ClN2O4S. The molecule has 6 nitrogen and oxygen atoms in total. The first-order valence-corrected chi connectivity index (χ1v) is 9.85. The molecule has 0 aliphatic heterocycles. The summed E-state index contributed by atoms with van der Waals surface area (Å²) in [5.74, 6) is 0.0556. The molecule has 2 aromatic rings. The van der Waals surface area contributed by atoms with Crippen molar-refractivity contribution in [3.8, 4) is 5.75 Å². The number of carbonyl (C=O) groups is 1. The van der Waals surface area contributed by atoms with E-state index in [1.165, 1.54) is 24.3 Å². The number of anilines is 1. The topological polar surface area (TPSA) is 84.5 Å². The van der Waals surface area contributed by atoms with Gasteiger partial charge in [-0.05, 0) is 62.7 Å². The normalized spacial score (nSPS) is 11.4. The second-order valence-corrected chi connectivity index (χ2v) is 8.12. The zero-order chi connectivity index (χ0) is 19.3. The summed E-state index contributed by atoms with van der Waals surface area (Å²) in [4.78, 5) is 12.1. The van der Waals surface area contributed by atoms with Crippen LogP contribution in [0.25, 0.3) is 0 Å². The Balaban J connectivity index is 1.95. The lowest BCUT2D eigenvalue weighted by atomic mass is 10.2. The highest BCUT2D eigenvalue weighted by molar-refractivity contribution is 7.89. The summed E-state index contributed by atoms with van der Waals surface area (Å²) < 4.78 is 32.0. The summed E-state index contributed by atoms with van der Waals surface area (Å²) in [6.45, 7) is 5.09. The van der Waals surface area contributed by atoms with Crippen molar-refractivity contribution >= 4 is 33.2 Å². The van der Waals surface area contributed by atoms with Crippen molar-refractivity contribution in [1.29, 1.82) is 0 Å². The van der Waals surface area contributed by atoms with Crippen molar-refractivity contribution in [3.63, 3.8) is 0 Å². The van der Waals surface area contributed by atoms with Crippen LogP contribution in [-0.2, 0) is 14.8 Å². The van der Waals surface area contributed by atoms with Gasteiger partial charge in [-0.25, -0.2) is 13.1 Å². The largest absolute Gasteiger partial charge is 0.484 e. The summed E-state index contributed by atoms with van der Waals surface area (Å²) in [5.41, 5.74) is 1.39. The fourth-order valence-corrected chi connectivity index (χ4v) is 3.60. The number of hydrogen-bond donors (Lipinski definition) is 2. The van der Waals surface area contributed by atoms with Gasteiger partial charge in [0, 0.05) is 16.8 Å². The van der Waals surface area contributed by atoms with Crippen LogP contribution in [0.3, 0.4) is 0 Å². The summed E-state index contributed by atoms with van der Waals surface area (Å²) in [5, 5.41) is 3.29. The minimum absolute atomic E-state index is 0.137. The van der Waals surface area contributed by atoms with Crippen molar-refractivity contribution in [1.82, 2.24) is 4.72 Å². The molecule has 0 heterocycles. The molecule has 0 aliphatic rings. The van der Waals surface area contributed by atoms with Crippen molar-refractivity contribution in [2.75, 3.05) is 11.9 Å². The minimum atomic E-state index is -3.55. The fraction of sp³-hybridized carbons (Fsp3) is 0.278. The standard InChI is InChI=1S/C18H21ClN2O4S/c1-12(2)21-26(23,24)15-9-7-14(8-10-15)25-11-18(22)20-17-6-4-5-16(19)13(17)3/h4-10,12,21H,11H2,1-3H3,(H,20,22). The lowest BCUT2D eigenvalue weighted by Gasteiger charge is -2.12. The molecule has 0 fully saturated rings. The zero-order valence-electron chi connectivity index (χ0n) is 14.7. The molecular weight excluding hydrogens is 376 g/mol. The number of ether oxygens (including phenoxy) is 1. The molecule has 0 radical (unpaired) electrons. The third kappa shape index (κ3) is 5.45. The second-order valence-electron chi connectivity index (χ2n) is 6.00. The lowest BCUT2D eigenvalue weighted by molar-refractivity contribution is -0.118. The van der Waals surface area contributed by atoms with Crippen LogP contribution in [0.15, 0.2) is 47.4 Å². The molecule has 2 rings (SSSR count). The van der Waals surface area contributed by atoms with Crippen molar-refractivity contribution in [2.24, 2.45) is 0 Å². The van der Waals surface area contributed by atoms with E-state index in [2.05, 4.69) is 10.0 Å². The van der Waals surface area contributed by atoms with Crippen LogP contribution in [0, 0.1) is 6.92 Å². The second kappa shape index (κ2) is 8.53. The van der Waals surface area contributed by atoms with E-state index in [-0.39, 0.29) is 23.5 Å². The first-order chi connectivity index (χ1) is 12.2. The average Bonchev–Trinajstić information content (AvgIpc) is 2.56. The number of hydrogen-bond acceptors (Lipinski definition) is 4. The maximum atomic E-state index is 12.1. The van der Waals surface area contributed by atoms with Gasteiger partial charge >= 0.3 is 0 Å². The highest BCUT2D eigenvalue weighted by atomic mass is 35.5. The van der Waals surface area contributed by atoms with Gasteiger partial charge in [0.1, 0.15) is 5.75 Å². The Morgan fingerprint density at radius 3 is 2.42 bits per heavy atom. The molecule has 0 saturated heterocycles. The van der Waals surface area contributed by atoms with Gasteiger partial charge in [0.15, 0.2) is 6.61 Å². The predicted molar refractivity (Wildman–Crippen MR) is 102 cm³/mol. The van der Waals surface area contributed by atoms with Gasteiger partial charge in [0.2, 0.25) is 10.0 Å². The molecule has 0 spiro atoms. The Labute approximate surface area is 158 Å². The molecule has 0 aromatic heterocycles. The SMILES string of the molecule is Cc1c(Cl)cccc1NC(=O)COc1ccc(S(=O)(=O)NC(C)C)cc1. The van der Waals surface area contributed by atoms with Gasteiger partial charge in [-0.3, -0.25) is 4.79 Å². The summed E-state index contributed by atoms with van der Waals surface area (Å²) >= 11 is 6.02. The number of sulfonamides is 1. The Bertz CT molecular complexity index is 881. The molecule has 0 saturated carbocycles. The molecule has 2 aromatic carbocycles. The number of nitrogens with one attached hydrogen (secondary N) is 2. The predicted octanol–water partition coefficient (Wildman–Crippen LogP) is 3.35. The van der Waals surface area contributed by atoms with E-state index in [9.17, 15) is 13.2 Å². The van der Waals surface area contributed by atoms with Gasteiger partial charge in [-0.1, -0.05) is 17.7 Å². The number of carbonyl (C=O) groups excluding carboxylic acids is 1. The van der Waals surface area contributed by atoms with Gasteiger partial charge < -0.3 is 10.1 Å². The van der Waals surface area contributed by atoms with Gasteiger partial charge in [0.25, 0.3) is 5.91 Å². The highest BCUT2D eigenvalue weighted by Crippen LogP contribution is 2.23. The van der Waals surface area contributed by atoms with Crippen molar-refractivity contribution in [2.45, 2.75) is 31.7 Å². The number of halogens is 1. The average molecular weight is 397 g/mol. The summed E-state index contributed by atoms with van der Waals surface area (Å²) in [7, 11) is -3.55. The lowest BCUT2D eigenvalue weighted by Crippen LogP contribution is -2.30. The highest BCUT2D eigenvalue weighted by Gasteiger charge is 2.15. The van der Waals surface area contributed by atoms with Crippen LogP contribution < -0.4 is 14.8 Å². The quantitative estimate of drug-likeness (QED) is 0.751. The van der Waals surface area contributed by atoms with Crippen LogP contribution in [0.2, 0.25) is 5.02 Å². The molecule has 8 heteroatoms. The van der Waals surface area contributed by atoms with Gasteiger partial charge in [-0.2, -0.15) is 0 Å². The first kappa shape index (κ1) is 20.2. The molecule has 26 heavy (non-hydrogen) atoms. The summed E-state index contributed by atoms with van der Waals surface area (Å²) in [6.07, 6.45) is 0. The van der Waals surface area contributed by atoms with Crippen molar-refractivity contribution < 1.29 is 17.9 Å². The third-order valence-corrected chi connectivity index (χ3v) is 5.52. The van der Waals surface area contributed by atoms with Crippen LogP contribution in [0.4, 0.5) is 5.69 Å². The maximum absolute atomic E-state index is 12.1. The first-order valence-electron chi connectivity index (χ1n) is 7.99. The monoisotopic (exact) mass is 396 g/mol. The Morgan fingerprint density at radius 2 is 1.81 bits per heavy atom. The van der Waals surface area contributed by atoms with Crippen LogP contribution >= 0.6 is 11.6 Å². The van der Waals surface area contributed by atoms with Crippen LogP contribution in [0.1, 0.15) is 19.4 Å². The fourth-order valence-electron chi connectivity index (χ4n) is 2.17. The molecule has 0 unspecified atom stereocenters. The molecule has 0 atom stereocenters. The number of benzene rings is 2. The van der Waals surface area contributed by atoms with Gasteiger partial charge in [0.05, 0.1) is 4.90 Å². The number of amides is 1. The maximum Gasteiger partial charge on any atom is 0.262 e. The van der Waals surface area contributed by atoms with E-state index < -0.39 is 10.0 Å². The van der Waals surface area contributed by atoms with E-state index in [1.54, 1.807) is 32.0 Å². The molecule has 0 aliphatic carbocycles. The molecule has 1 amide bonds. The van der Waals surface area contributed by atoms with E-state index in [4.69, 9.17) is 16.3 Å². The molecule has 0 bridgehead atoms. The Hall–Kier alpha value is -2.09. The van der Waals surface area contributed by atoms with Crippen LogP contribution in [0.5, 0.6) is 5.75 Å². The van der Waals surface area contributed by atoms with E-state index >= 15 is 0 Å². The third-order valence-electron chi connectivity index (χ3n) is 3.44. The smallest absolute Gasteiger partial charge is 0.262 e. The zero-order valence-corrected chi connectivity index (χ0v) is 16.3. The number of rotatable bonds is 7. The van der Waals surface area contributed by atoms with Crippen molar-refractivity contribution in [3.05, 3.63) is 53.1 Å². The Kier molecular flexibility index (Phi) is 6.63. The van der Waals surface area contributed by atoms with Crippen LogP contribution in [-0.4, -0.2) is 27.0 Å². The van der Waals surface area contributed by atoms with E-state index in [1.807, 2.05) is 6.92 Å². The molecule has 140 valence electrons. The molecule has 2 N–H and O–H groups in total. The minimum Gasteiger partial charge on any atom is -0.484 e. The summed E-state index contributed by atoms with van der Waals surface area (Å²) in [6, 6.07) is 10.9. The van der Waals surface area contributed by atoms with Gasteiger partial charge in [-0.15, -0.1) is 0 Å². The van der Waals surface area contributed by atoms with E-state index in [0.717, 1.165) is 5.56 Å². The Morgan fingerprint density at radius 1 is 1.15 bits per heavy atom.